The van der Waals surface area contributed by atoms with E-state index in [2.05, 4.69) is 5.32 Å². The molecule has 4 amide bonds. The molecule has 2 aromatic carbocycles. The average Bonchev–Trinajstić information content (AvgIpc) is 2.94. The highest BCUT2D eigenvalue weighted by Gasteiger charge is 2.41. The molecule has 2 aliphatic heterocycles. The van der Waals surface area contributed by atoms with E-state index >= 15 is 4.39 Å². The molecule has 2 atom stereocenters. The lowest BCUT2D eigenvalue weighted by Crippen LogP contribution is -2.59. The molecule has 0 saturated carbocycles. The van der Waals surface area contributed by atoms with Crippen molar-refractivity contribution in [1.29, 1.82) is 0 Å². The van der Waals surface area contributed by atoms with Crippen LogP contribution in [0.4, 0.5) is 13.6 Å². The molecule has 0 radical (unpaired) electrons. The number of piperazine rings is 1. The van der Waals surface area contributed by atoms with Gasteiger partial charge >= 0.3 is 30.9 Å². The van der Waals surface area contributed by atoms with Crippen LogP contribution in [-0.2, 0) is 30.8 Å². The fourth-order valence-electron chi connectivity index (χ4n) is 4.84. The Labute approximate surface area is 243 Å². The van der Waals surface area contributed by atoms with Crippen molar-refractivity contribution in [2.75, 3.05) is 26.3 Å². The molecule has 43 heavy (non-hydrogen) atoms. The van der Waals surface area contributed by atoms with E-state index in [-0.39, 0.29) is 37.4 Å². The number of primary sulfonamides is 1. The highest BCUT2D eigenvalue weighted by atomic mass is 32.2. The Bertz CT molecular complexity index is 1610. The van der Waals surface area contributed by atoms with Gasteiger partial charge in [-0.05, 0) is 30.2 Å². The van der Waals surface area contributed by atoms with E-state index in [0.29, 0.717) is 16.5 Å². The molecule has 2 aliphatic rings. The number of carbonyl (C=O) groups excluding carboxylic acids is 4. The minimum Gasteiger partial charge on any atom is -0.535 e. The molecule has 1 fully saturated rings. The number of fused-ring (bicyclic) bond motifs is 1. The van der Waals surface area contributed by atoms with E-state index < -0.39 is 88.0 Å². The lowest BCUT2D eigenvalue weighted by Gasteiger charge is -2.33. The van der Waals surface area contributed by atoms with Crippen molar-refractivity contribution in [1.82, 2.24) is 15.1 Å². The monoisotopic (exact) mass is 622 g/mol. The van der Waals surface area contributed by atoms with E-state index in [4.69, 9.17) is 9.79 Å². The molecule has 1 unspecified atom stereocenters. The van der Waals surface area contributed by atoms with Gasteiger partial charge in [-0.15, -0.1) is 0 Å². The summed E-state index contributed by atoms with van der Waals surface area (Å²) in [6.45, 7) is -1.84. The zero-order valence-corrected chi connectivity index (χ0v) is 23.1. The number of para-hydroxylation sites is 1. The summed E-state index contributed by atoms with van der Waals surface area (Å²) in [5.74, 6) is -7.02. The van der Waals surface area contributed by atoms with Crippen molar-refractivity contribution >= 4 is 46.7 Å². The van der Waals surface area contributed by atoms with E-state index in [1.165, 1.54) is 18.2 Å². The van der Waals surface area contributed by atoms with Crippen molar-refractivity contribution in [3.8, 4) is 5.75 Å². The number of benzene rings is 2. The predicted octanol–water partition coefficient (Wildman–Crippen LogP) is 0.00730. The van der Waals surface area contributed by atoms with E-state index in [1.54, 1.807) is 0 Å². The Kier molecular flexibility index (Phi) is 9.12. The number of carboxylic acids is 1. The number of rotatable bonds is 9. The fraction of sp³-hybridized carbons (Fsp3) is 0.320. The second kappa shape index (κ2) is 12.4. The van der Waals surface area contributed by atoms with Crippen LogP contribution in [0.2, 0.25) is 5.82 Å². The molecule has 1 saturated heterocycles. The topological polar surface area (TPSA) is 214 Å². The van der Waals surface area contributed by atoms with Crippen LogP contribution >= 0.6 is 0 Å². The average molecular weight is 622 g/mol. The van der Waals surface area contributed by atoms with E-state index in [1.807, 2.05) is 0 Å². The first kappa shape index (κ1) is 31.5. The molecule has 4 rings (SSSR count). The number of nitrogens with two attached hydrogens (primary N) is 1. The first-order valence-corrected chi connectivity index (χ1v) is 14.3. The van der Waals surface area contributed by atoms with Crippen LogP contribution in [0.15, 0.2) is 41.3 Å². The molecular formula is C25H25BF2N4O10S. The lowest BCUT2D eigenvalue weighted by molar-refractivity contribution is -0.153. The van der Waals surface area contributed by atoms with Crippen LogP contribution in [0.3, 0.4) is 0 Å². The quantitative estimate of drug-likeness (QED) is 0.217. The highest BCUT2D eigenvalue weighted by Crippen LogP contribution is 2.37. The number of halogens is 2. The number of nitrogens with zero attached hydrogens (tertiary/aromatic N) is 2. The Morgan fingerprint density at radius 2 is 1.88 bits per heavy atom. The highest BCUT2D eigenvalue weighted by molar-refractivity contribution is 7.89. The molecule has 5 N–H and O–H groups in total. The summed E-state index contributed by atoms with van der Waals surface area (Å²) < 4.78 is 56.7. The second-order valence-corrected chi connectivity index (χ2v) is 11.4. The second-order valence-electron chi connectivity index (χ2n) is 9.79. The lowest BCUT2D eigenvalue weighted by atomic mass is 9.64. The smallest absolute Gasteiger partial charge is 0.526 e. The van der Waals surface area contributed by atoms with Crippen molar-refractivity contribution < 1.29 is 56.0 Å². The summed E-state index contributed by atoms with van der Waals surface area (Å²) in [7, 11) is -6.02. The molecule has 14 nitrogen and oxygen atoms in total. The minimum atomic E-state index is -4.35. The van der Waals surface area contributed by atoms with Gasteiger partial charge in [0.1, 0.15) is 24.3 Å². The van der Waals surface area contributed by atoms with Gasteiger partial charge < -0.3 is 25.0 Å². The maximum atomic E-state index is 15.2. The van der Waals surface area contributed by atoms with Crippen LogP contribution in [0.25, 0.3) is 0 Å². The minimum absolute atomic E-state index is 0.0413. The van der Waals surface area contributed by atoms with E-state index in [9.17, 15) is 46.9 Å². The van der Waals surface area contributed by atoms with Crippen LogP contribution in [-0.4, -0.2) is 91.4 Å². The van der Waals surface area contributed by atoms with Crippen molar-refractivity contribution in [2.45, 2.75) is 29.6 Å². The number of carbonyl (C=O) groups is 5. The largest absolute Gasteiger partial charge is 0.535 e. The number of aromatic carboxylic acids is 1. The summed E-state index contributed by atoms with van der Waals surface area (Å²) in [5, 5.41) is 27.2. The first-order valence-electron chi connectivity index (χ1n) is 12.7. The molecule has 18 heteroatoms. The van der Waals surface area contributed by atoms with Crippen LogP contribution in [0, 0.1) is 5.82 Å². The van der Waals surface area contributed by atoms with Gasteiger partial charge in [0.2, 0.25) is 10.0 Å². The number of hydrogen-bond donors (Lipinski definition) is 4. The van der Waals surface area contributed by atoms with Gasteiger partial charge in [-0.2, -0.15) is 0 Å². The molecule has 2 heterocycles. The van der Waals surface area contributed by atoms with Crippen LogP contribution in [0.1, 0.15) is 33.9 Å². The summed E-state index contributed by atoms with van der Waals surface area (Å²) in [6, 6.07) is 3.45. The zero-order valence-electron chi connectivity index (χ0n) is 22.2. The zero-order chi connectivity index (χ0) is 31.6. The van der Waals surface area contributed by atoms with Crippen molar-refractivity contribution in [3.05, 3.63) is 58.9 Å². The predicted molar refractivity (Wildman–Crippen MR) is 142 cm³/mol. The normalized spacial score (nSPS) is 17.7. The third-order valence-electron chi connectivity index (χ3n) is 7.02. The number of hydrogen-bond acceptors (Lipinski definition) is 9. The Morgan fingerprint density at radius 3 is 2.51 bits per heavy atom. The first-order chi connectivity index (χ1) is 20.2. The van der Waals surface area contributed by atoms with Gasteiger partial charge in [-0.3, -0.25) is 19.3 Å². The Hall–Kier alpha value is -4.42. The molecule has 0 bridgehead atoms. The molecule has 2 aromatic rings. The molecule has 0 aliphatic carbocycles. The number of urea groups is 1. The number of Topliss-reactive ketones (excluding diaryl/α,β-unsaturated/α-hetero) is 1. The maximum Gasteiger partial charge on any atom is 0.526 e. The van der Waals surface area contributed by atoms with Gasteiger partial charge in [-0.1, -0.05) is 18.2 Å². The Morgan fingerprint density at radius 1 is 1.16 bits per heavy atom. The van der Waals surface area contributed by atoms with Crippen molar-refractivity contribution in [3.63, 3.8) is 0 Å². The van der Waals surface area contributed by atoms with Crippen LogP contribution in [0.5, 0.6) is 5.75 Å². The molecule has 0 spiro atoms. The van der Waals surface area contributed by atoms with Crippen LogP contribution < -0.4 is 15.1 Å². The van der Waals surface area contributed by atoms with Gasteiger partial charge in [0, 0.05) is 37.4 Å². The van der Waals surface area contributed by atoms with Gasteiger partial charge in [0.05, 0.1) is 10.5 Å². The number of amides is 4. The number of sulfonamides is 1. The SMILES string of the molecule is NS(=O)(=O)c1ccc(C(NC(=O)N2CCN(CCF)C(=O)C2=O)C(=O)C[C@H]2Cc3cccc(C(=O)O)c3OB2O)c(F)c1. The van der Waals surface area contributed by atoms with Gasteiger partial charge in [-0.25, -0.2) is 31.9 Å². The number of imide groups is 1. The standard InChI is InChI=1S/C25H25BF2N4O10S/c27-6-7-31-8-9-32(23(35)22(31)34)25(38)30-20(16-5-4-15(12-18(16)28)43(29,40)41)19(33)11-14-10-13-2-1-3-17(24(36)37)21(13)42-26(14)39/h1-5,12,14,20,39H,6-11H2,(H,30,38)(H,36,37)(H2,29,40,41)/t14-,20?/m1/s1. The number of ketones is 1. The fourth-order valence-corrected chi connectivity index (χ4v) is 5.36. The number of nitrogens with one attached hydrogen (secondary N) is 1. The third kappa shape index (κ3) is 6.65. The van der Waals surface area contributed by atoms with Gasteiger partial charge in [0.15, 0.2) is 5.78 Å². The third-order valence-corrected chi connectivity index (χ3v) is 7.93. The molecule has 228 valence electrons. The summed E-state index contributed by atoms with van der Waals surface area (Å²) in [4.78, 5) is 63.8. The molecule has 0 aromatic heterocycles. The van der Waals surface area contributed by atoms with E-state index in [0.717, 1.165) is 17.0 Å². The van der Waals surface area contributed by atoms with Crippen molar-refractivity contribution in [2.24, 2.45) is 5.14 Å². The maximum absolute atomic E-state index is 15.2. The Balaban J connectivity index is 1.62. The number of alkyl halides is 1. The number of carboxylic acid groups (broad SMARTS) is 1. The molecular weight excluding hydrogens is 597 g/mol. The summed E-state index contributed by atoms with van der Waals surface area (Å²) >= 11 is 0. The summed E-state index contributed by atoms with van der Waals surface area (Å²) in [6.07, 6.45) is -0.600. The summed E-state index contributed by atoms with van der Waals surface area (Å²) in [5.41, 5.74) is -0.364. The van der Waals surface area contributed by atoms with Gasteiger partial charge in [0.25, 0.3) is 0 Å².